The van der Waals surface area contributed by atoms with Crippen molar-refractivity contribution in [2.45, 2.75) is 24.9 Å². The van der Waals surface area contributed by atoms with Gasteiger partial charge in [-0.05, 0) is 61.2 Å². The molecule has 132 valence electrons. The zero-order valence-corrected chi connectivity index (χ0v) is 15.3. The van der Waals surface area contributed by atoms with Gasteiger partial charge in [-0.2, -0.15) is 23.5 Å². The number of thioether (sulfide) groups is 2. The van der Waals surface area contributed by atoms with Crippen LogP contribution in [0.1, 0.15) is 12.8 Å². The Bertz CT molecular complexity index is 504. The van der Waals surface area contributed by atoms with E-state index >= 15 is 0 Å². The van der Waals surface area contributed by atoms with Crippen molar-refractivity contribution in [3.63, 3.8) is 0 Å². The summed E-state index contributed by atoms with van der Waals surface area (Å²) in [6.45, 7) is 0. The predicted molar refractivity (Wildman–Crippen MR) is 102 cm³/mol. The second-order valence-electron chi connectivity index (χ2n) is 5.05. The van der Waals surface area contributed by atoms with Crippen LogP contribution in [0.2, 0.25) is 0 Å². The minimum Gasteiger partial charge on any atom is -0.480 e. The zero-order valence-electron chi connectivity index (χ0n) is 13.7. The molecule has 0 aromatic rings. The molecular formula is C16H22N2O4S2. The van der Waals surface area contributed by atoms with Crippen molar-refractivity contribution in [3.8, 4) is 0 Å². The topological polar surface area (TPSA) is 99.3 Å². The summed E-state index contributed by atoms with van der Waals surface area (Å²) in [4.78, 5) is 30.9. The molecule has 0 spiro atoms. The minimum atomic E-state index is -0.944. The number of hydrogen-bond donors (Lipinski definition) is 2. The number of hydrogen-bond acceptors (Lipinski definition) is 6. The normalized spacial score (nSPS) is 15.9. The van der Waals surface area contributed by atoms with E-state index in [0.29, 0.717) is 24.3 Å². The van der Waals surface area contributed by atoms with Crippen LogP contribution in [-0.4, -0.2) is 69.7 Å². The molecule has 0 amide bonds. The Kier molecular flexibility index (Phi) is 9.48. The lowest BCUT2D eigenvalue weighted by atomic mass is 10.1. The Morgan fingerprint density at radius 1 is 0.875 bits per heavy atom. The smallest absolute Gasteiger partial charge is 0.328 e. The Balaban J connectivity index is 2.79. The number of rotatable bonds is 10. The maximum Gasteiger partial charge on any atom is 0.328 e. The Morgan fingerprint density at radius 3 is 1.46 bits per heavy atom. The molecule has 2 N–H and O–H groups in total. The van der Waals surface area contributed by atoms with E-state index in [4.69, 9.17) is 0 Å². The van der Waals surface area contributed by atoms with Gasteiger partial charge < -0.3 is 10.2 Å². The van der Waals surface area contributed by atoms with Gasteiger partial charge in [0.1, 0.15) is 12.1 Å². The molecule has 2 atom stereocenters. The Hall–Kier alpha value is -1.54. The fourth-order valence-corrected chi connectivity index (χ4v) is 2.85. The van der Waals surface area contributed by atoms with Gasteiger partial charge in [-0.3, -0.25) is 9.98 Å². The molecule has 8 heteroatoms. The van der Waals surface area contributed by atoms with E-state index in [1.54, 1.807) is 47.8 Å². The third-order valence-corrected chi connectivity index (χ3v) is 4.51. The number of carboxylic acid groups (broad SMARTS) is 2. The largest absolute Gasteiger partial charge is 0.480 e. The standard InChI is InChI=1S/C16H22N2O4S2/c1-23-9-7-13(15(19)20)17-11-3-5-12(6-4-11)18-14(16(21)22)8-10-24-2/h3-6,13-14H,7-10H2,1-2H3,(H,19,20)(H,21,22). The molecule has 24 heavy (non-hydrogen) atoms. The summed E-state index contributed by atoms with van der Waals surface area (Å²) in [6.07, 6.45) is 11.5. The van der Waals surface area contributed by atoms with Gasteiger partial charge in [0.05, 0.1) is 11.4 Å². The molecular weight excluding hydrogens is 348 g/mol. The highest BCUT2D eigenvalue weighted by Crippen LogP contribution is 2.10. The number of nitrogens with zero attached hydrogens (tertiary/aromatic N) is 2. The molecule has 0 heterocycles. The van der Waals surface area contributed by atoms with E-state index in [9.17, 15) is 19.8 Å². The van der Waals surface area contributed by atoms with Gasteiger partial charge in [-0.25, -0.2) is 9.59 Å². The molecule has 1 aliphatic rings. The first-order valence-corrected chi connectivity index (χ1v) is 10.2. The summed E-state index contributed by atoms with van der Waals surface area (Å²) in [5, 5.41) is 18.4. The van der Waals surface area contributed by atoms with Gasteiger partial charge in [0.2, 0.25) is 0 Å². The van der Waals surface area contributed by atoms with E-state index in [-0.39, 0.29) is 0 Å². The van der Waals surface area contributed by atoms with Gasteiger partial charge >= 0.3 is 11.9 Å². The lowest BCUT2D eigenvalue weighted by Gasteiger charge is -2.11. The first-order valence-electron chi connectivity index (χ1n) is 7.43. The first-order chi connectivity index (χ1) is 11.5. The van der Waals surface area contributed by atoms with E-state index < -0.39 is 24.0 Å². The molecule has 2 unspecified atom stereocenters. The second-order valence-corrected chi connectivity index (χ2v) is 7.02. The van der Waals surface area contributed by atoms with Crippen LogP contribution in [0.3, 0.4) is 0 Å². The SMILES string of the molecule is CSCCC(N=C1C=CC(=NC(CCSC)C(=O)O)C=C1)C(=O)O. The number of aliphatic carboxylic acids is 2. The van der Waals surface area contributed by atoms with Crippen molar-refractivity contribution < 1.29 is 19.8 Å². The van der Waals surface area contributed by atoms with Gasteiger partial charge in [0.25, 0.3) is 0 Å². The number of carbonyl (C=O) groups is 2. The lowest BCUT2D eigenvalue weighted by molar-refractivity contribution is -0.139. The van der Waals surface area contributed by atoms with Crippen molar-refractivity contribution in [1.29, 1.82) is 0 Å². The van der Waals surface area contributed by atoms with E-state index in [2.05, 4.69) is 9.98 Å². The molecule has 0 aromatic heterocycles. The van der Waals surface area contributed by atoms with Gasteiger partial charge in [-0.1, -0.05) is 0 Å². The minimum absolute atomic E-state index is 0.471. The summed E-state index contributed by atoms with van der Waals surface area (Å²) >= 11 is 3.16. The monoisotopic (exact) mass is 370 g/mol. The molecule has 0 aromatic carbocycles. The van der Waals surface area contributed by atoms with E-state index in [1.165, 1.54) is 0 Å². The Labute approximate surface area is 150 Å². The molecule has 0 aliphatic heterocycles. The average Bonchev–Trinajstić information content (AvgIpc) is 2.56. The number of allylic oxidation sites excluding steroid dienone is 4. The fraction of sp³-hybridized carbons (Fsp3) is 0.500. The fourth-order valence-electron chi connectivity index (χ4n) is 1.93. The summed E-state index contributed by atoms with van der Waals surface area (Å²) in [5.74, 6) is -0.436. The van der Waals surface area contributed by atoms with Crippen LogP contribution in [0.15, 0.2) is 34.3 Å². The molecule has 1 rings (SSSR count). The maximum atomic E-state index is 11.2. The van der Waals surface area contributed by atoms with Crippen LogP contribution < -0.4 is 0 Å². The van der Waals surface area contributed by atoms with Crippen LogP contribution in [0.5, 0.6) is 0 Å². The lowest BCUT2D eigenvalue weighted by Crippen LogP contribution is -2.21. The zero-order chi connectivity index (χ0) is 17.9. The van der Waals surface area contributed by atoms with Crippen LogP contribution in [0, 0.1) is 0 Å². The van der Waals surface area contributed by atoms with E-state index in [1.807, 2.05) is 12.5 Å². The van der Waals surface area contributed by atoms with Gasteiger partial charge in [-0.15, -0.1) is 0 Å². The Morgan fingerprint density at radius 2 is 1.21 bits per heavy atom. The van der Waals surface area contributed by atoms with Crippen LogP contribution in [0.4, 0.5) is 0 Å². The van der Waals surface area contributed by atoms with Gasteiger partial charge in [0, 0.05) is 0 Å². The third-order valence-electron chi connectivity index (χ3n) is 3.22. The predicted octanol–water partition coefficient (Wildman–Crippen LogP) is 2.41. The summed E-state index contributed by atoms with van der Waals surface area (Å²) < 4.78 is 0. The quantitative estimate of drug-likeness (QED) is 0.573. The maximum absolute atomic E-state index is 11.2. The first kappa shape index (κ1) is 20.5. The van der Waals surface area contributed by atoms with Crippen molar-refractivity contribution in [2.75, 3.05) is 24.0 Å². The molecule has 1 aliphatic carbocycles. The summed E-state index contributed by atoms with van der Waals surface area (Å²) in [7, 11) is 0. The third kappa shape index (κ3) is 7.35. The second kappa shape index (κ2) is 11.1. The molecule has 0 saturated carbocycles. The highest BCUT2D eigenvalue weighted by Gasteiger charge is 2.17. The van der Waals surface area contributed by atoms with E-state index in [0.717, 1.165) is 11.5 Å². The van der Waals surface area contributed by atoms with Gasteiger partial charge in [0.15, 0.2) is 0 Å². The number of aliphatic imine (C=N–C) groups is 2. The highest BCUT2D eigenvalue weighted by atomic mass is 32.2. The molecule has 0 fully saturated rings. The van der Waals surface area contributed by atoms with Crippen molar-refractivity contribution in [1.82, 2.24) is 0 Å². The molecule has 0 bridgehead atoms. The average molecular weight is 370 g/mol. The van der Waals surface area contributed by atoms with Crippen molar-refractivity contribution >= 4 is 46.9 Å². The summed E-state index contributed by atoms with van der Waals surface area (Å²) in [6, 6.07) is -1.54. The molecule has 0 saturated heterocycles. The number of carboxylic acids is 2. The van der Waals surface area contributed by atoms with Crippen LogP contribution in [-0.2, 0) is 9.59 Å². The molecule has 0 radical (unpaired) electrons. The van der Waals surface area contributed by atoms with Crippen molar-refractivity contribution in [3.05, 3.63) is 24.3 Å². The van der Waals surface area contributed by atoms with Crippen molar-refractivity contribution in [2.24, 2.45) is 9.98 Å². The highest BCUT2D eigenvalue weighted by molar-refractivity contribution is 7.98. The van der Waals surface area contributed by atoms with Crippen LogP contribution in [0.25, 0.3) is 0 Å². The van der Waals surface area contributed by atoms with Crippen LogP contribution >= 0.6 is 23.5 Å². The molecule has 6 nitrogen and oxygen atoms in total. The summed E-state index contributed by atoms with van der Waals surface area (Å²) in [5.41, 5.74) is 1.11.